The van der Waals surface area contributed by atoms with E-state index in [1.54, 1.807) is 19.6 Å². The molecule has 3 saturated heterocycles. The van der Waals surface area contributed by atoms with E-state index in [0.717, 1.165) is 115 Å². The van der Waals surface area contributed by atoms with Crippen molar-refractivity contribution >= 4 is 42.3 Å². The molecule has 5 heterocycles. The number of hydrogen-bond donors (Lipinski definition) is 5. The number of benzene rings is 4. The van der Waals surface area contributed by atoms with Gasteiger partial charge in [0.2, 0.25) is 11.8 Å². The van der Waals surface area contributed by atoms with Crippen LogP contribution in [0.15, 0.2) is 136 Å². The van der Waals surface area contributed by atoms with E-state index in [1.165, 1.54) is 41.5 Å². The van der Waals surface area contributed by atoms with Crippen LogP contribution in [-0.2, 0) is 39.3 Å². The number of carboxylic acid groups (broad SMARTS) is 1. The number of amidine groups is 1. The van der Waals surface area contributed by atoms with Gasteiger partial charge >= 0.3 is 36.4 Å². The second kappa shape index (κ2) is 39.1. The number of piperidine rings is 3. The molecule has 11 aliphatic rings. The van der Waals surface area contributed by atoms with Gasteiger partial charge in [0.1, 0.15) is 33.8 Å². The van der Waals surface area contributed by atoms with E-state index < -0.39 is 39.4 Å². The van der Waals surface area contributed by atoms with Gasteiger partial charge in [0.15, 0.2) is 11.6 Å². The highest BCUT2D eigenvalue weighted by Gasteiger charge is 2.58. The van der Waals surface area contributed by atoms with Crippen LogP contribution in [0.3, 0.4) is 0 Å². The number of nitrogens with zero attached hydrogens (tertiary/aromatic N) is 11. The molecule has 2 aromatic heterocycles. The predicted octanol–water partition coefficient (Wildman–Crippen LogP) is 17.8. The largest absolute Gasteiger partial charge is 0.481 e. The fraction of sp³-hybridized carbons (Fsp3) is 0.636. The van der Waals surface area contributed by atoms with E-state index >= 15 is 0 Å². The standard InChI is InChI=1S/C30H42N4O5.C20H26N4O.C19H27N3O3.C19H24N2O2.C11H19NO4/c1-28(2,3)37-26(35)33-16-12-21(13-17-33)24-31-25(32-39-24)30(14-15-30)19-34(27(36)38-29(4,5)6)23-18-22(23)20-10-8-7-9-11-20;1-2-4-14(5-3-1)16-12-17(16)22-13-20(8-9-20)19-23-18(25-24-19)15-6-10-21-11-7-15;1-18(2,3)25-17(23)22(12-19(9-10-19)16(20)21-24)15-11-14(15)13-7-5-4-6-8-13;1-18(2,3)23-17(22)21(13-19(12-20)9-10-19)16-11-15(16)14-7-5-4-6-8-14;1-11(2,3)16-10(15)12-6-4-8(5-7-12)9(13)14/h7-11,21-23H,12-19H2,1-6H3;1-5,15-17,21-22H,6-13H2;4-8,14-15,24H,9-12H2,1-3H3,(H2,20,21);4-8,15-16H,9-11,13H2,1-3H3;8H,4-7H2,1-3H3,(H,13,14)/t22-,23+;16-,17+;14-,15+;15-,16+;/m1111./s1. The van der Waals surface area contributed by atoms with Gasteiger partial charge in [-0.1, -0.05) is 137 Å². The summed E-state index contributed by atoms with van der Waals surface area (Å²) in [6.45, 7) is 34.6. The summed E-state index contributed by atoms with van der Waals surface area (Å²) < 4.78 is 39.2. The van der Waals surface area contributed by atoms with Gasteiger partial charge in [-0.3, -0.25) is 4.79 Å². The van der Waals surface area contributed by atoms with Crippen molar-refractivity contribution < 1.29 is 71.8 Å². The van der Waals surface area contributed by atoms with Gasteiger partial charge in [0.05, 0.1) is 22.8 Å². The lowest BCUT2D eigenvalue weighted by molar-refractivity contribution is -0.143. The number of rotatable bonds is 22. The Bertz CT molecular complexity index is 4790. The van der Waals surface area contributed by atoms with Gasteiger partial charge in [-0.15, -0.1) is 0 Å². The molecular formula is C99H138N14O15. The second-order valence-corrected chi connectivity index (χ2v) is 42.5. The van der Waals surface area contributed by atoms with E-state index in [-0.39, 0.29) is 82.5 Å². The average Bonchev–Trinajstić information content (AvgIpc) is 1.58. The van der Waals surface area contributed by atoms with Crippen molar-refractivity contribution in [1.29, 1.82) is 5.26 Å². The Balaban J connectivity index is 0.000000141. The quantitative estimate of drug-likeness (QED) is 0.0139. The molecule has 29 nitrogen and oxygen atoms in total. The van der Waals surface area contributed by atoms with Gasteiger partial charge in [-0.2, -0.15) is 15.2 Å². The molecule has 694 valence electrons. The van der Waals surface area contributed by atoms with Crippen LogP contribution >= 0.6 is 0 Å². The third-order valence-corrected chi connectivity index (χ3v) is 26.0. The molecule has 4 aromatic carbocycles. The number of amides is 5. The number of aromatic nitrogens is 4. The minimum absolute atomic E-state index is 0.0983. The van der Waals surface area contributed by atoms with Crippen LogP contribution in [0.4, 0.5) is 24.0 Å². The molecule has 128 heavy (non-hydrogen) atoms. The van der Waals surface area contributed by atoms with Crippen LogP contribution in [0.25, 0.3) is 0 Å². The van der Waals surface area contributed by atoms with Crippen molar-refractivity contribution in [2.24, 2.45) is 27.6 Å². The summed E-state index contributed by atoms with van der Waals surface area (Å²) in [5, 5.41) is 46.3. The first-order chi connectivity index (χ1) is 60.6. The molecule has 0 radical (unpaired) electrons. The first-order valence-corrected chi connectivity index (χ1v) is 46.5. The summed E-state index contributed by atoms with van der Waals surface area (Å²) in [6.07, 6.45) is 14.8. The third kappa shape index (κ3) is 26.3. The summed E-state index contributed by atoms with van der Waals surface area (Å²) in [6, 6.07) is 45.0. The SMILES string of the molecule is CC(C)(C)OC(=O)N(CC1(C#N)CC1)[C@H]1C[C@@H]1c1ccccc1.CC(C)(C)OC(=O)N(CC1(C(N)=NO)CC1)[C@H]1C[C@@H]1c1ccccc1.CC(C)(C)OC(=O)N1CCC(C(=O)O)CC1.CC(C)(C)OC(=O)N1CCC(c2nc(C3(CN(C(=O)OC(C)(C)C)[C@H]4C[C@@H]4c4ccccc4)CC3)no2)CC1.c1ccc([C@H]2C[C@@H]2NCC2(c3noc(C4CCNCC4)n3)CC2)cc1. The van der Waals surface area contributed by atoms with Crippen LogP contribution < -0.4 is 16.4 Å². The van der Waals surface area contributed by atoms with Crippen LogP contribution in [-0.4, -0.2) is 215 Å². The van der Waals surface area contributed by atoms with Gasteiger partial charge in [0, 0.05) is 123 Å². The molecule has 5 amide bonds. The lowest BCUT2D eigenvalue weighted by Gasteiger charge is -2.32. The number of carboxylic acids is 1. The molecule has 0 bridgehead atoms. The Kier molecular flexibility index (Phi) is 29.1. The molecule has 8 aliphatic carbocycles. The number of nitrogens with one attached hydrogen (secondary N) is 2. The normalized spacial score (nSPS) is 23.9. The first kappa shape index (κ1) is 95.2. The number of hydrogen-bond acceptors (Lipinski definition) is 22. The van der Waals surface area contributed by atoms with Crippen molar-refractivity contribution in [1.82, 2.24) is 55.4 Å². The molecule has 29 heteroatoms. The summed E-state index contributed by atoms with van der Waals surface area (Å²) >= 11 is 0. The molecule has 17 rings (SSSR count). The fourth-order valence-corrected chi connectivity index (χ4v) is 17.5. The molecule has 0 unspecified atom stereocenters. The predicted molar refractivity (Wildman–Crippen MR) is 483 cm³/mol. The number of oxime groups is 1. The number of carbonyl (C=O) groups excluding carboxylic acids is 5. The fourth-order valence-electron chi connectivity index (χ4n) is 17.5. The molecule has 8 atom stereocenters. The van der Waals surface area contributed by atoms with Crippen molar-refractivity contribution in [2.45, 2.75) is 318 Å². The van der Waals surface area contributed by atoms with E-state index in [1.807, 2.05) is 163 Å². The Morgan fingerprint density at radius 1 is 0.492 bits per heavy atom. The van der Waals surface area contributed by atoms with Crippen LogP contribution in [0.2, 0.25) is 0 Å². The molecule has 8 saturated carbocycles. The van der Waals surface area contributed by atoms with Gasteiger partial charge in [-0.05, 0) is 255 Å². The number of carbonyl (C=O) groups is 6. The monoisotopic (exact) mass is 1760 g/mol. The molecule has 6 N–H and O–H groups in total. The smallest absolute Gasteiger partial charge is 0.410 e. The third-order valence-electron chi connectivity index (χ3n) is 26.0. The maximum atomic E-state index is 13.4. The molecule has 0 spiro atoms. The highest BCUT2D eigenvalue weighted by atomic mass is 16.6. The van der Waals surface area contributed by atoms with E-state index in [4.69, 9.17) is 58.7 Å². The minimum atomic E-state index is -0.774. The summed E-state index contributed by atoms with van der Waals surface area (Å²) in [4.78, 5) is 92.1. The lowest BCUT2D eigenvalue weighted by Crippen LogP contribution is -2.45. The minimum Gasteiger partial charge on any atom is -0.481 e. The highest BCUT2D eigenvalue weighted by Crippen LogP contribution is 2.56. The Hall–Kier alpha value is -10.3. The van der Waals surface area contributed by atoms with Crippen LogP contribution in [0.5, 0.6) is 0 Å². The van der Waals surface area contributed by atoms with Crippen LogP contribution in [0.1, 0.15) is 301 Å². The topological polar surface area (TPSA) is 369 Å². The van der Waals surface area contributed by atoms with Crippen molar-refractivity contribution in [3.63, 3.8) is 0 Å². The zero-order valence-electron chi connectivity index (χ0n) is 77.9. The summed E-state index contributed by atoms with van der Waals surface area (Å²) in [7, 11) is 0. The zero-order valence-corrected chi connectivity index (χ0v) is 77.9. The van der Waals surface area contributed by atoms with E-state index in [9.17, 15) is 34.0 Å². The summed E-state index contributed by atoms with van der Waals surface area (Å²) in [5.74, 6) is 4.41. The van der Waals surface area contributed by atoms with Gasteiger partial charge < -0.3 is 83.9 Å². The van der Waals surface area contributed by atoms with Crippen molar-refractivity contribution in [3.8, 4) is 6.07 Å². The number of nitrogens with two attached hydrogens (primary N) is 1. The molecule has 11 fully saturated rings. The zero-order chi connectivity index (χ0) is 91.9. The first-order valence-electron chi connectivity index (χ1n) is 46.5. The molecular weight excluding hydrogens is 1630 g/mol. The number of likely N-dealkylation sites (tertiary alicyclic amines) is 2. The number of aliphatic carboxylic acids is 1. The van der Waals surface area contributed by atoms with Crippen molar-refractivity contribution in [3.05, 3.63) is 167 Å². The molecule has 3 aliphatic heterocycles. The average molecular weight is 1760 g/mol. The number of ether oxygens (including phenoxy) is 5. The van der Waals surface area contributed by atoms with Gasteiger partial charge in [0.25, 0.3) is 0 Å². The second-order valence-electron chi connectivity index (χ2n) is 42.5. The summed E-state index contributed by atoms with van der Waals surface area (Å²) in [5.41, 5.74) is 7.48. The maximum Gasteiger partial charge on any atom is 0.410 e. The Labute approximate surface area is 755 Å². The Morgan fingerprint density at radius 2 is 0.852 bits per heavy atom. The lowest BCUT2D eigenvalue weighted by atomic mass is 9.97. The number of nitriles is 1. The Morgan fingerprint density at radius 3 is 1.20 bits per heavy atom. The van der Waals surface area contributed by atoms with Gasteiger partial charge in [-0.25, -0.2) is 24.0 Å². The van der Waals surface area contributed by atoms with Crippen molar-refractivity contribution in [2.75, 3.05) is 65.4 Å². The van der Waals surface area contributed by atoms with Crippen LogP contribution in [0, 0.1) is 28.1 Å². The highest BCUT2D eigenvalue weighted by molar-refractivity contribution is 5.89. The maximum absolute atomic E-state index is 13.4. The van der Waals surface area contributed by atoms with E-state index in [0.29, 0.717) is 106 Å². The van der Waals surface area contributed by atoms with E-state index in [2.05, 4.69) is 98.9 Å². The molecule has 6 aromatic rings.